The number of pyridine rings is 1. The van der Waals surface area contributed by atoms with Crippen LogP contribution in [-0.4, -0.2) is 33.8 Å². The van der Waals surface area contributed by atoms with Crippen molar-refractivity contribution < 1.29 is 9.53 Å². The Kier molecular flexibility index (Phi) is 3.62. The van der Waals surface area contributed by atoms with Crippen molar-refractivity contribution in [3.63, 3.8) is 0 Å². The molecule has 1 N–H and O–H groups in total. The number of hydrogen-bond acceptors (Lipinski definition) is 4. The Bertz CT molecular complexity index is 571. The van der Waals surface area contributed by atoms with Crippen LogP contribution in [0.25, 0.3) is 0 Å². The van der Waals surface area contributed by atoms with E-state index in [1.54, 1.807) is 23.1 Å². The van der Waals surface area contributed by atoms with E-state index in [1.807, 2.05) is 12.1 Å². The van der Waals surface area contributed by atoms with Gasteiger partial charge in [-0.25, -0.2) is 4.68 Å². The number of aryl methyl sites for hydroxylation is 1. The Balaban J connectivity index is 1.55. The van der Waals surface area contributed by atoms with Gasteiger partial charge in [-0.2, -0.15) is 5.10 Å². The van der Waals surface area contributed by atoms with Crippen molar-refractivity contribution in [1.82, 2.24) is 20.1 Å². The maximum absolute atomic E-state index is 12.0. The summed E-state index contributed by atoms with van der Waals surface area (Å²) in [5.41, 5.74) is 1.56. The van der Waals surface area contributed by atoms with Crippen molar-refractivity contribution in [1.29, 1.82) is 0 Å². The zero-order valence-electron chi connectivity index (χ0n) is 11.1. The number of nitrogens with zero attached hydrogens (tertiary/aromatic N) is 3. The summed E-state index contributed by atoms with van der Waals surface area (Å²) in [6.45, 7) is 2.07. The first kappa shape index (κ1) is 12.7. The quantitative estimate of drug-likeness (QED) is 0.902. The van der Waals surface area contributed by atoms with Crippen molar-refractivity contribution in [3.8, 4) is 5.88 Å². The lowest BCUT2D eigenvalue weighted by Gasteiger charge is -2.13. The molecule has 1 aliphatic rings. The van der Waals surface area contributed by atoms with Gasteiger partial charge in [-0.3, -0.25) is 9.78 Å². The summed E-state index contributed by atoms with van der Waals surface area (Å²) < 4.78 is 7.18. The fourth-order valence-electron chi connectivity index (χ4n) is 2.14. The lowest BCUT2D eigenvalue weighted by atomic mass is 10.2. The Morgan fingerprint density at radius 1 is 1.40 bits per heavy atom. The van der Waals surface area contributed by atoms with Gasteiger partial charge in [-0.15, -0.1) is 0 Å². The molecule has 104 valence electrons. The summed E-state index contributed by atoms with van der Waals surface area (Å²) in [7, 11) is 0. The zero-order chi connectivity index (χ0) is 13.8. The highest BCUT2D eigenvalue weighted by molar-refractivity contribution is 5.92. The highest BCUT2D eigenvalue weighted by Gasteiger charge is 2.17. The smallest absolute Gasteiger partial charge is 0.271 e. The van der Waals surface area contributed by atoms with Gasteiger partial charge in [0.1, 0.15) is 0 Å². The number of ether oxygens (including phenoxy) is 1. The van der Waals surface area contributed by atoms with Crippen molar-refractivity contribution in [2.24, 2.45) is 0 Å². The molecule has 0 atom stereocenters. The van der Waals surface area contributed by atoms with Gasteiger partial charge in [0.25, 0.3) is 5.91 Å². The van der Waals surface area contributed by atoms with Crippen LogP contribution in [0.15, 0.2) is 30.6 Å². The van der Waals surface area contributed by atoms with Gasteiger partial charge in [0, 0.05) is 38.0 Å². The summed E-state index contributed by atoms with van der Waals surface area (Å²) in [5.74, 6) is 0.514. The number of rotatable bonds is 4. The third kappa shape index (κ3) is 2.79. The average Bonchev–Trinajstić information content (AvgIpc) is 2.92. The number of carbonyl (C=O) groups excluding carboxylic acids is 1. The molecular formula is C14H16N4O2. The molecule has 1 aliphatic heterocycles. The molecule has 3 heterocycles. The second-order valence-corrected chi connectivity index (χ2v) is 4.65. The fourth-order valence-corrected chi connectivity index (χ4v) is 2.14. The van der Waals surface area contributed by atoms with E-state index in [2.05, 4.69) is 15.4 Å². The summed E-state index contributed by atoms with van der Waals surface area (Å²) >= 11 is 0. The van der Waals surface area contributed by atoms with Gasteiger partial charge in [0.2, 0.25) is 5.88 Å². The molecule has 0 saturated heterocycles. The van der Waals surface area contributed by atoms with Crippen LogP contribution < -0.4 is 10.1 Å². The highest BCUT2D eigenvalue weighted by atomic mass is 16.5. The van der Waals surface area contributed by atoms with E-state index in [4.69, 9.17) is 4.74 Å². The number of amides is 1. The lowest BCUT2D eigenvalue weighted by molar-refractivity contribution is 0.0948. The van der Waals surface area contributed by atoms with Crippen LogP contribution in [0.3, 0.4) is 0 Å². The second-order valence-electron chi connectivity index (χ2n) is 4.65. The molecule has 2 aromatic rings. The predicted octanol–water partition coefficient (Wildman–Crippen LogP) is 1.03. The number of hydrogen-bond donors (Lipinski definition) is 1. The van der Waals surface area contributed by atoms with Gasteiger partial charge >= 0.3 is 0 Å². The molecule has 6 nitrogen and oxygen atoms in total. The molecule has 20 heavy (non-hydrogen) atoms. The van der Waals surface area contributed by atoms with E-state index >= 15 is 0 Å². The van der Waals surface area contributed by atoms with Gasteiger partial charge in [-0.1, -0.05) is 0 Å². The fraction of sp³-hybridized carbons (Fsp3) is 0.357. The zero-order valence-corrected chi connectivity index (χ0v) is 11.1. The van der Waals surface area contributed by atoms with Crippen LogP contribution in [-0.2, 0) is 13.0 Å². The van der Waals surface area contributed by atoms with Gasteiger partial charge in [0.15, 0.2) is 5.69 Å². The third-order valence-corrected chi connectivity index (χ3v) is 3.19. The van der Waals surface area contributed by atoms with Gasteiger partial charge in [0.05, 0.1) is 6.61 Å². The van der Waals surface area contributed by atoms with Crippen LogP contribution in [0, 0.1) is 0 Å². The number of fused-ring (bicyclic) bond motifs is 1. The third-order valence-electron chi connectivity index (χ3n) is 3.19. The van der Waals surface area contributed by atoms with Crippen LogP contribution in [0.4, 0.5) is 0 Å². The molecule has 0 spiro atoms. The predicted molar refractivity (Wildman–Crippen MR) is 72.6 cm³/mol. The molecule has 3 rings (SSSR count). The Labute approximate surface area is 116 Å². The van der Waals surface area contributed by atoms with Crippen molar-refractivity contribution >= 4 is 5.91 Å². The maximum atomic E-state index is 12.0. The first-order valence-corrected chi connectivity index (χ1v) is 6.71. The van der Waals surface area contributed by atoms with Gasteiger partial charge < -0.3 is 10.1 Å². The molecule has 1 amide bonds. The largest absolute Gasteiger partial charge is 0.478 e. The highest BCUT2D eigenvalue weighted by Crippen LogP contribution is 2.18. The van der Waals surface area contributed by atoms with Crippen LogP contribution in [0.5, 0.6) is 5.88 Å². The van der Waals surface area contributed by atoms with Crippen LogP contribution in [0.2, 0.25) is 0 Å². The molecule has 0 fully saturated rings. The van der Waals surface area contributed by atoms with Crippen molar-refractivity contribution in [2.45, 2.75) is 19.4 Å². The minimum atomic E-state index is -0.162. The summed E-state index contributed by atoms with van der Waals surface area (Å²) in [6, 6.07) is 5.57. The molecule has 0 aromatic carbocycles. The minimum Gasteiger partial charge on any atom is -0.478 e. The molecule has 0 radical (unpaired) electrons. The van der Waals surface area contributed by atoms with Crippen molar-refractivity contribution in [2.75, 3.05) is 13.2 Å². The van der Waals surface area contributed by atoms with E-state index < -0.39 is 0 Å². The minimum absolute atomic E-state index is 0.162. The maximum Gasteiger partial charge on any atom is 0.271 e. The van der Waals surface area contributed by atoms with Crippen molar-refractivity contribution in [3.05, 3.63) is 41.9 Å². The summed E-state index contributed by atoms with van der Waals surface area (Å²) in [6.07, 6.45) is 5.20. The summed E-state index contributed by atoms with van der Waals surface area (Å²) in [5, 5.41) is 7.11. The first-order valence-electron chi connectivity index (χ1n) is 6.71. The molecule has 0 unspecified atom stereocenters. The Morgan fingerprint density at radius 3 is 3.05 bits per heavy atom. The average molecular weight is 272 g/mol. The van der Waals surface area contributed by atoms with E-state index in [0.29, 0.717) is 24.7 Å². The summed E-state index contributed by atoms with van der Waals surface area (Å²) in [4.78, 5) is 16.0. The molecule has 0 saturated carbocycles. The molecular weight excluding hydrogens is 256 g/mol. The number of aromatic nitrogens is 3. The van der Waals surface area contributed by atoms with Gasteiger partial charge in [-0.05, 0) is 24.1 Å². The van der Waals surface area contributed by atoms with Crippen LogP contribution in [0.1, 0.15) is 22.5 Å². The molecule has 0 bridgehead atoms. The molecule has 6 heteroatoms. The first-order chi connectivity index (χ1) is 9.83. The monoisotopic (exact) mass is 272 g/mol. The molecule has 0 aliphatic carbocycles. The lowest BCUT2D eigenvalue weighted by Crippen LogP contribution is -2.26. The van der Waals surface area contributed by atoms with E-state index in [0.717, 1.165) is 24.9 Å². The van der Waals surface area contributed by atoms with E-state index in [9.17, 15) is 4.79 Å². The van der Waals surface area contributed by atoms with E-state index in [1.165, 1.54) is 0 Å². The topological polar surface area (TPSA) is 69.0 Å². The number of carbonyl (C=O) groups is 1. The standard InChI is InChI=1S/C14H16N4O2/c19-14(16-7-4-11-2-5-15-6-3-11)12-10-13-18(17-12)8-1-9-20-13/h2-3,5-6,10H,1,4,7-9H2,(H,16,19). The second kappa shape index (κ2) is 5.73. The van der Waals surface area contributed by atoms with Crippen LogP contribution >= 0.6 is 0 Å². The molecule has 2 aromatic heterocycles. The normalized spacial score (nSPS) is 13.4. The van der Waals surface area contributed by atoms with E-state index in [-0.39, 0.29) is 5.91 Å². The SMILES string of the molecule is O=C(NCCc1ccncc1)c1cc2n(n1)CCCO2. The Morgan fingerprint density at radius 2 is 2.25 bits per heavy atom. The number of nitrogens with one attached hydrogen (secondary N) is 1. The Hall–Kier alpha value is -2.37.